The lowest BCUT2D eigenvalue weighted by molar-refractivity contribution is -0.140. The number of carbonyl (C=O) groups is 1. The minimum Gasteiger partial charge on any atom is -0.491 e. The van der Waals surface area contributed by atoms with Crippen LogP contribution in [0, 0.1) is 23.5 Å². The largest absolute Gasteiger partial charge is 0.491 e. The second-order valence-corrected chi connectivity index (χ2v) is 5.67. The van der Waals surface area contributed by atoms with E-state index in [1.807, 2.05) is 0 Å². The third-order valence-electron chi connectivity index (χ3n) is 4.28. The van der Waals surface area contributed by atoms with E-state index in [4.69, 9.17) is 9.47 Å². The molecule has 0 atom stereocenters. The highest BCUT2D eigenvalue weighted by Crippen LogP contribution is 2.33. The molecule has 3 nitrogen and oxygen atoms in total. The van der Waals surface area contributed by atoms with Crippen LogP contribution in [0.4, 0.5) is 8.78 Å². The molecule has 2 rings (SSSR count). The second kappa shape index (κ2) is 7.56. The van der Waals surface area contributed by atoms with Gasteiger partial charge in [-0.15, -0.1) is 0 Å². The van der Waals surface area contributed by atoms with Gasteiger partial charge in [-0.1, -0.05) is 13.3 Å². The maximum absolute atomic E-state index is 13.9. The molecule has 122 valence electrons. The molecule has 5 heteroatoms. The molecule has 0 heterocycles. The Morgan fingerprint density at radius 2 is 1.68 bits per heavy atom. The van der Waals surface area contributed by atoms with Crippen LogP contribution in [0.2, 0.25) is 0 Å². The summed E-state index contributed by atoms with van der Waals surface area (Å²) in [6.45, 7) is 4.05. The zero-order chi connectivity index (χ0) is 16.1. The summed E-state index contributed by atoms with van der Waals surface area (Å²) in [5.41, 5.74) is 0. The van der Waals surface area contributed by atoms with Crippen molar-refractivity contribution in [3.63, 3.8) is 0 Å². The Kier molecular flexibility index (Phi) is 5.75. The number of hydrogen-bond acceptors (Lipinski definition) is 3. The lowest BCUT2D eigenvalue weighted by atomic mass is 9.81. The molecule has 1 aliphatic carbocycles. The molecule has 0 unspecified atom stereocenters. The molecule has 1 aromatic rings. The average molecular weight is 312 g/mol. The van der Waals surface area contributed by atoms with Gasteiger partial charge in [-0.2, -0.15) is 8.78 Å². The molecule has 0 amide bonds. The minimum absolute atomic E-state index is 0.178. The number of ether oxygens (including phenoxy) is 2. The van der Waals surface area contributed by atoms with Crippen LogP contribution >= 0.6 is 0 Å². The van der Waals surface area contributed by atoms with E-state index < -0.39 is 17.6 Å². The quantitative estimate of drug-likeness (QED) is 0.594. The maximum Gasteiger partial charge on any atom is 0.314 e. The van der Waals surface area contributed by atoms with Gasteiger partial charge in [-0.05, 0) is 50.7 Å². The molecule has 1 aliphatic rings. The Hall–Kier alpha value is -1.65. The Labute approximate surface area is 129 Å². The molecule has 1 saturated carbocycles. The summed E-state index contributed by atoms with van der Waals surface area (Å²) >= 11 is 0. The van der Waals surface area contributed by atoms with Crippen molar-refractivity contribution in [1.29, 1.82) is 0 Å². The van der Waals surface area contributed by atoms with Gasteiger partial charge in [-0.3, -0.25) is 4.79 Å². The van der Waals surface area contributed by atoms with E-state index in [9.17, 15) is 13.6 Å². The van der Waals surface area contributed by atoms with Gasteiger partial charge in [0.2, 0.25) is 11.6 Å². The van der Waals surface area contributed by atoms with Crippen LogP contribution in [0.1, 0.15) is 46.0 Å². The number of carbonyl (C=O) groups excluding carboxylic acids is 1. The van der Waals surface area contributed by atoms with E-state index in [0.717, 1.165) is 32.1 Å². The fourth-order valence-electron chi connectivity index (χ4n) is 2.86. The van der Waals surface area contributed by atoms with Crippen molar-refractivity contribution in [2.24, 2.45) is 11.8 Å². The van der Waals surface area contributed by atoms with Crippen molar-refractivity contribution in [1.82, 2.24) is 0 Å². The van der Waals surface area contributed by atoms with Gasteiger partial charge in [0.05, 0.1) is 12.5 Å². The van der Waals surface area contributed by atoms with Crippen LogP contribution in [-0.4, -0.2) is 12.6 Å². The van der Waals surface area contributed by atoms with Gasteiger partial charge in [0.25, 0.3) is 0 Å². The van der Waals surface area contributed by atoms with Crippen LogP contribution in [-0.2, 0) is 4.79 Å². The van der Waals surface area contributed by atoms with Gasteiger partial charge in [-0.25, -0.2) is 0 Å². The van der Waals surface area contributed by atoms with Crippen molar-refractivity contribution in [3.8, 4) is 11.5 Å². The lowest BCUT2D eigenvalue weighted by Crippen LogP contribution is -2.25. The third-order valence-corrected chi connectivity index (χ3v) is 4.28. The first kappa shape index (κ1) is 16.7. The van der Waals surface area contributed by atoms with E-state index in [-0.39, 0.29) is 24.0 Å². The zero-order valence-electron chi connectivity index (χ0n) is 13.0. The zero-order valence-corrected chi connectivity index (χ0v) is 13.0. The number of halogens is 2. The predicted molar refractivity (Wildman–Crippen MR) is 78.9 cm³/mol. The topological polar surface area (TPSA) is 35.5 Å². The molecule has 22 heavy (non-hydrogen) atoms. The van der Waals surface area contributed by atoms with E-state index in [1.54, 1.807) is 6.92 Å². The monoisotopic (exact) mass is 312 g/mol. The summed E-state index contributed by atoms with van der Waals surface area (Å²) in [5.74, 6) is -2.90. The summed E-state index contributed by atoms with van der Waals surface area (Å²) in [7, 11) is 0. The minimum atomic E-state index is -1.18. The molecule has 0 radical (unpaired) electrons. The standard InChI is InChI=1S/C17H22F2O3/c1-3-11-5-7-12(8-6-11)17(20)22-14-10-9-13(21-4-2)15(18)16(14)19/h9-12H,3-8H2,1-2H3/t11-,12-. The highest BCUT2D eigenvalue weighted by molar-refractivity contribution is 5.75. The van der Waals surface area contributed by atoms with Crippen molar-refractivity contribution in [2.75, 3.05) is 6.61 Å². The van der Waals surface area contributed by atoms with E-state index in [1.165, 1.54) is 12.1 Å². The summed E-state index contributed by atoms with van der Waals surface area (Å²) in [4.78, 5) is 12.1. The lowest BCUT2D eigenvalue weighted by Gasteiger charge is -2.26. The average Bonchev–Trinajstić information content (AvgIpc) is 2.54. The highest BCUT2D eigenvalue weighted by Gasteiger charge is 2.28. The van der Waals surface area contributed by atoms with E-state index in [0.29, 0.717) is 5.92 Å². The molecule has 1 fully saturated rings. The number of esters is 1. The molecule has 0 bridgehead atoms. The summed E-state index contributed by atoms with van der Waals surface area (Å²) in [5, 5.41) is 0. The number of benzene rings is 1. The Morgan fingerprint density at radius 3 is 2.27 bits per heavy atom. The first-order chi connectivity index (χ1) is 10.6. The molecular weight excluding hydrogens is 290 g/mol. The smallest absolute Gasteiger partial charge is 0.314 e. The molecule has 0 N–H and O–H groups in total. The first-order valence-corrected chi connectivity index (χ1v) is 7.89. The Balaban J connectivity index is 2.01. The van der Waals surface area contributed by atoms with Crippen LogP contribution in [0.5, 0.6) is 11.5 Å². The molecule has 1 aromatic carbocycles. The summed E-state index contributed by atoms with van der Waals surface area (Å²) in [6.07, 6.45) is 4.57. The molecular formula is C17H22F2O3. The van der Waals surface area contributed by atoms with Crippen molar-refractivity contribution in [2.45, 2.75) is 46.0 Å². The maximum atomic E-state index is 13.9. The fourth-order valence-corrected chi connectivity index (χ4v) is 2.86. The van der Waals surface area contributed by atoms with E-state index >= 15 is 0 Å². The van der Waals surface area contributed by atoms with Gasteiger partial charge < -0.3 is 9.47 Å². The van der Waals surface area contributed by atoms with Crippen LogP contribution in [0.25, 0.3) is 0 Å². The summed E-state index contributed by atoms with van der Waals surface area (Å²) < 4.78 is 37.7. The second-order valence-electron chi connectivity index (χ2n) is 5.67. The molecule has 0 spiro atoms. The van der Waals surface area contributed by atoms with Gasteiger partial charge >= 0.3 is 5.97 Å². The van der Waals surface area contributed by atoms with Crippen molar-refractivity contribution < 1.29 is 23.0 Å². The van der Waals surface area contributed by atoms with Crippen LogP contribution < -0.4 is 9.47 Å². The predicted octanol–water partition coefficient (Wildman–Crippen LogP) is 4.49. The van der Waals surface area contributed by atoms with Gasteiger partial charge in [0.15, 0.2) is 11.5 Å². The van der Waals surface area contributed by atoms with E-state index in [2.05, 4.69) is 6.92 Å². The highest BCUT2D eigenvalue weighted by atomic mass is 19.2. The Morgan fingerprint density at radius 1 is 1.09 bits per heavy atom. The van der Waals surface area contributed by atoms with Crippen LogP contribution in [0.3, 0.4) is 0 Å². The summed E-state index contributed by atoms with van der Waals surface area (Å²) in [6, 6.07) is 2.51. The molecule has 0 saturated heterocycles. The SMILES string of the molecule is CCOc1ccc(OC(=O)[C@H]2CC[C@H](CC)CC2)c(F)c1F. The van der Waals surface area contributed by atoms with Gasteiger partial charge in [0, 0.05) is 0 Å². The van der Waals surface area contributed by atoms with Crippen molar-refractivity contribution >= 4 is 5.97 Å². The van der Waals surface area contributed by atoms with Crippen LogP contribution in [0.15, 0.2) is 12.1 Å². The number of hydrogen-bond donors (Lipinski definition) is 0. The number of rotatable bonds is 5. The molecule has 0 aliphatic heterocycles. The molecule has 0 aromatic heterocycles. The normalized spacial score (nSPS) is 21.5. The van der Waals surface area contributed by atoms with Crippen molar-refractivity contribution in [3.05, 3.63) is 23.8 Å². The first-order valence-electron chi connectivity index (χ1n) is 7.89. The van der Waals surface area contributed by atoms with Gasteiger partial charge in [0.1, 0.15) is 0 Å². The Bertz CT molecular complexity index is 523. The fraction of sp³-hybridized carbons (Fsp3) is 0.588. The third kappa shape index (κ3) is 3.76.